The van der Waals surface area contributed by atoms with Crippen molar-refractivity contribution in [1.82, 2.24) is 4.90 Å². The van der Waals surface area contributed by atoms with E-state index in [0.717, 1.165) is 31.3 Å². The van der Waals surface area contributed by atoms with Gasteiger partial charge in [-0.2, -0.15) is 0 Å². The molecule has 0 aliphatic carbocycles. The Bertz CT molecular complexity index is 599. The highest BCUT2D eigenvalue weighted by molar-refractivity contribution is 5.94. The van der Waals surface area contributed by atoms with Gasteiger partial charge in [-0.1, -0.05) is 13.3 Å². The van der Waals surface area contributed by atoms with Gasteiger partial charge in [0.15, 0.2) is 5.78 Å². The van der Waals surface area contributed by atoms with E-state index in [2.05, 4.69) is 17.1 Å². The Kier molecular flexibility index (Phi) is 5.19. The Morgan fingerprint density at radius 3 is 2.62 bits per heavy atom. The number of carbonyl (C=O) groups excluding carboxylic acids is 2. The average molecular weight is 330 g/mol. The highest BCUT2D eigenvalue weighted by Gasteiger charge is 2.39. The molecule has 3 aliphatic heterocycles. The Morgan fingerprint density at radius 1 is 1.29 bits per heavy atom. The minimum atomic E-state index is -0.430. The van der Waals surface area contributed by atoms with Crippen molar-refractivity contribution in [1.29, 1.82) is 0 Å². The van der Waals surface area contributed by atoms with Crippen LogP contribution < -0.4 is 5.32 Å². The number of benzene rings is 1. The molecule has 3 heterocycles. The summed E-state index contributed by atoms with van der Waals surface area (Å²) in [6, 6.07) is 7.20. The number of nitrogens with one attached hydrogen (secondary N) is 1. The SMILES string of the molecule is CCC1CN2CCC1CC2COC(=O)Nc1ccc(C(C)=O)cc1. The second-order valence-electron chi connectivity index (χ2n) is 6.96. The van der Waals surface area contributed by atoms with Gasteiger partial charge in [0, 0.05) is 23.8 Å². The van der Waals surface area contributed by atoms with Crippen LogP contribution in [0.4, 0.5) is 10.5 Å². The van der Waals surface area contributed by atoms with Gasteiger partial charge in [-0.25, -0.2) is 4.79 Å². The molecule has 1 aromatic carbocycles. The van der Waals surface area contributed by atoms with Crippen LogP contribution in [0.15, 0.2) is 24.3 Å². The lowest BCUT2D eigenvalue weighted by Gasteiger charge is -2.49. The summed E-state index contributed by atoms with van der Waals surface area (Å²) in [5, 5.41) is 2.72. The predicted octanol–water partition coefficient (Wildman–Crippen LogP) is 3.56. The predicted molar refractivity (Wildman–Crippen MR) is 93.3 cm³/mol. The molecule has 1 aromatic rings. The molecular weight excluding hydrogens is 304 g/mol. The molecule has 0 spiro atoms. The van der Waals surface area contributed by atoms with Gasteiger partial charge >= 0.3 is 6.09 Å². The quantitative estimate of drug-likeness (QED) is 0.839. The van der Waals surface area contributed by atoms with Crippen molar-refractivity contribution in [2.24, 2.45) is 11.8 Å². The maximum atomic E-state index is 12.0. The summed E-state index contributed by atoms with van der Waals surface area (Å²) >= 11 is 0. The van der Waals surface area contributed by atoms with E-state index in [1.807, 2.05) is 0 Å². The number of Topliss-reactive ketones (excluding diaryl/α,β-unsaturated/α-hetero) is 1. The third-order valence-corrected chi connectivity index (χ3v) is 5.48. The number of fused-ring (bicyclic) bond motifs is 3. The van der Waals surface area contributed by atoms with Crippen molar-refractivity contribution in [3.05, 3.63) is 29.8 Å². The van der Waals surface area contributed by atoms with Gasteiger partial charge in [0.25, 0.3) is 0 Å². The zero-order valence-corrected chi connectivity index (χ0v) is 14.5. The molecule has 3 fully saturated rings. The molecule has 0 radical (unpaired) electrons. The Labute approximate surface area is 143 Å². The second-order valence-corrected chi connectivity index (χ2v) is 6.96. The lowest BCUT2D eigenvalue weighted by molar-refractivity contribution is -0.0240. The fourth-order valence-corrected chi connectivity index (χ4v) is 4.00. The number of rotatable bonds is 5. The lowest BCUT2D eigenvalue weighted by atomic mass is 9.75. The number of hydrogen-bond donors (Lipinski definition) is 1. The van der Waals surface area contributed by atoms with E-state index in [9.17, 15) is 9.59 Å². The van der Waals surface area contributed by atoms with Crippen LogP contribution in [0.25, 0.3) is 0 Å². The van der Waals surface area contributed by atoms with E-state index >= 15 is 0 Å². The van der Waals surface area contributed by atoms with Crippen molar-refractivity contribution in [3.63, 3.8) is 0 Å². The molecule has 5 heteroatoms. The molecule has 0 aromatic heterocycles. The van der Waals surface area contributed by atoms with Crippen LogP contribution in [0.5, 0.6) is 0 Å². The van der Waals surface area contributed by atoms with Crippen molar-refractivity contribution < 1.29 is 14.3 Å². The molecule has 1 amide bonds. The Balaban J connectivity index is 1.47. The van der Waals surface area contributed by atoms with E-state index < -0.39 is 6.09 Å². The normalized spacial score (nSPS) is 28.4. The minimum absolute atomic E-state index is 0.0101. The summed E-state index contributed by atoms with van der Waals surface area (Å²) in [5.74, 6) is 1.61. The first-order valence-electron chi connectivity index (χ1n) is 8.85. The number of ketones is 1. The molecule has 5 nitrogen and oxygen atoms in total. The molecule has 3 aliphatic rings. The van der Waals surface area contributed by atoms with Crippen molar-refractivity contribution in [3.8, 4) is 0 Å². The number of hydrogen-bond acceptors (Lipinski definition) is 4. The van der Waals surface area contributed by atoms with E-state index in [4.69, 9.17) is 4.74 Å². The largest absolute Gasteiger partial charge is 0.448 e. The molecule has 2 bridgehead atoms. The van der Waals surface area contributed by atoms with E-state index in [-0.39, 0.29) is 5.78 Å². The van der Waals surface area contributed by atoms with Crippen molar-refractivity contribution in [2.45, 2.75) is 39.2 Å². The van der Waals surface area contributed by atoms with Crippen molar-refractivity contribution in [2.75, 3.05) is 25.0 Å². The fourth-order valence-electron chi connectivity index (χ4n) is 4.00. The number of nitrogens with zero attached hydrogens (tertiary/aromatic N) is 1. The van der Waals surface area contributed by atoms with Gasteiger partial charge in [-0.15, -0.1) is 0 Å². The zero-order valence-electron chi connectivity index (χ0n) is 14.5. The fraction of sp³-hybridized carbons (Fsp3) is 0.579. The first kappa shape index (κ1) is 17.0. The summed E-state index contributed by atoms with van der Waals surface area (Å²) in [5.41, 5.74) is 1.27. The Morgan fingerprint density at radius 2 is 2.04 bits per heavy atom. The maximum Gasteiger partial charge on any atom is 0.411 e. The molecule has 4 unspecified atom stereocenters. The molecule has 3 saturated heterocycles. The van der Waals surface area contributed by atoms with Gasteiger partial charge in [0.1, 0.15) is 6.61 Å². The van der Waals surface area contributed by atoms with Gasteiger partial charge in [0.05, 0.1) is 0 Å². The topological polar surface area (TPSA) is 58.6 Å². The molecule has 4 atom stereocenters. The number of ether oxygens (including phenoxy) is 1. The summed E-state index contributed by atoms with van der Waals surface area (Å²) in [7, 11) is 0. The van der Waals surface area contributed by atoms with Crippen LogP contribution in [-0.4, -0.2) is 42.5 Å². The zero-order chi connectivity index (χ0) is 17.1. The average Bonchev–Trinajstić information content (AvgIpc) is 2.60. The van der Waals surface area contributed by atoms with Gasteiger partial charge < -0.3 is 4.74 Å². The first-order chi connectivity index (χ1) is 11.6. The van der Waals surface area contributed by atoms with E-state index in [0.29, 0.717) is 23.9 Å². The van der Waals surface area contributed by atoms with Crippen LogP contribution in [0, 0.1) is 11.8 Å². The van der Waals surface area contributed by atoms with E-state index in [1.54, 1.807) is 24.3 Å². The highest BCUT2D eigenvalue weighted by atomic mass is 16.5. The summed E-state index contributed by atoms with van der Waals surface area (Å²) in [4.78, 5) is 25.7. The molecular formula is C19H26N2O3. The molecule has 0 saturated carbocycles. The first-order valence-corrected chi connectivity index (χ1v) is 8.85. The summed E-state index contributed by atoms with van der Waals surface area (Å²) in [6.45, 7) is 6.51. The van der Waals surface area contributed by atoms with Crippen LogP contribution >= 0.6 is 0 Å². The van der Waals surface area contributed by atoms with E-state index in [1.165, 1.54) is 19.8 Å². The molecule has 24 heavy (non-hydrogen) atoms. The van der Waals surface area contributed by atoms with Gasteiger partial charge in [-0.3, -0.25) is 15.0 Å². The van der Waals surface area contributed by atoms with Crippen LogP contribution in [0.1, 0.15) is 43.5 Å². The standard InChI is InChI=1S/C19H26N2O3/c1-3-14-11-21-9-8-16(14)10-18(21)12-24-19(23)20-17-6-4-15(5-7-17)13(2)22/h4-7,14,16,18H,3,8-12H2,1-2H3,(H,20,23). The minimum Gasteiger partial charge on any atom is -0.448 e. The monoisotopic (exact) mass is 330 g/mol. The van der Waals surface area contributed by atoms with Crippen LogP contribution in [0.2, 0.25) is 0 Å². The van der Waals surface area contributed by atoms with Gasteiger partial charge in [-0.05, 0) is 62.4 Å². The third-order valence-electron chi connectivity index (χ3n) is 5.48. The smallest absolute Gasteiger partial charge is 0.411 e. The summed E-state index contributed by atoms with van der Waals surface area (Å²) < 4.78 is 5.43. The number of amides is 1. The van der Waals surface area contributed by atoms with Gasteiger partial charge in [0.2, 0.25) is 0 Å². The highest BCUT2D eigenvalue weighted by Crippen LogP contribution is 2.37. The maximum absolute atomic E-state index is 12.0. The van der Waals surface area contributed by atoms with Crippen molar-refractivity contribution >= 4 is 17.6 Å². The number of anilines is 1. The number of piperidine rings is 3. The van der Waals surface area contributed by atoms with Crippen LogP contribution in [-0.2, 0) is 4.74 Å². The Hall–Kier alpha value is -1.88. The third kappa shape index (κ3) is 3.78. The lowest BCUT2D eigenvalue weighted by Crippen LogP contribution is -2.54. The summed E-state index contributed by atoms with van der Waals surface area (Å²) in [6.07, 6.45) is 3.23. The molecule has 1 N–H and O–H groups in total. The van der Waals surface area contributed by atoms with Crippen LogP contribution in [0.3, 0.4) is 0 Å². The second kappa shape index (κ2) is 7.34. The molecule has 4 rings (SSSR count). The number of carbonyl (C=O) groups is 2. The molecule has 130 valence electrons.